The van der Waals surface area contributed by atoms with E-state index in [-0.39, 0.29) is 12.0 Å². The second-order valence-corrected chi connectivity index (χ2v) is 6.69. The maximum Gasteiger partial charge on any atom is 0.0678 e. The van der Waals surface area contributed by atoms with Crippen molar-refractivity contribution in [2.24, 2.45) is 23.7 Å². The van der Waals surface area contributed by atoms with Crippen molar-refractivity contribution in [3.05, 3.63) is 11.6 Å². The Labute approximate surface area is 105 Å². The smallest absolute Gasteiger partial charge is 0.0678 e. The minimum atomic E-state index is -0.702. The van der Waals surface area contributed by atoms with E-state index in [0.29, 0.717) is 17.8 Å². The Kier molecular flexibility index (Phi) is 3.39. The Balaban J connectivity index is 2.35. The van der Waals surface area contributed by atoms with Gasteiger partial charge in [0.05, 0.1) is 11.7 Å². The minimum absolute atomic E-state index is 0.0207. The van der Waals surface area contributed by atoms with Crippen molar-refractivity contribution in [2.75, 3.05) is 0 Å². The zero-order chi connectivity index (χ0) is 12.8. The van der Waals surface area contributed by atoms with Crippen molar-refractivity contribution in [1.29, 1.82) is 0 Å². The fourth-order valence-electron chi connectivity index (χ4n) is 4.03. The Morgan fingerprint density at radius 1 is 1.41 bits per heavy atom. The van der Waals surface area contributed by atoms with Gasteiger partial charge in [0.15, 0.2) is 0 Å². The average Bonchev–Trinajstić information content (AvgIpc) is 2.14. The first kappa shape index (κ1) is 13.1. The molecular formula is C15H26O2. The van der Waals surface area contributed by atoms with Crippen LogP contribution in [-0.4, -0.2) is 21.9 Å². The van der Waals surface area contributed by atoms with E-state index in [0.717, 1.165) is 19.3 Å². The first-order valence-electron chi connectivity index (χ1n) is 6.90. The molecule has 0 amide bonds. The van der Waals surface area contributed by atoms with E-state index in [1.54, 1.807) is 0 Å². The molecule has 2 heteroatoms. The Hall–Kier alpha value is -0.340. The van der Waals surface area contributed by atoms with Crippen LogP contribution in [0.25, 0.3) is 0 Å². The molecule has 17 heavy (non-hydrogen) atoms. The fourth-order valence-corrected chi connectivity index (χ4v) is 4.03. The van der Waals surface area contributed by atoms with E-state index in [1.165, 1.54) is 5.57 Å². The first-order valence-corrected chi connectivity index (χ1v) is 6.90. The molecular weight excluding hydrogens is 212 g/mol. The number of hydrogen-bond acceptors (Lipinski definition) is 2. The summed E-state index contributed by atoms with van der Waals surface area (Å²) in [5, 5.41) is 20.8. The maximum atomic E-state index is 10.5. The van der Waals surface area contributed by atoms with Crippen LogP contribution in [0.3, 0.4) is 0 Å². The summed E-state index contributed by atoms with van der Waals surface area (Å²) < 4.78 is 0. The highest BCUT2D eigenvalue weighted by atomic mass is 16.3. The molecule has 98 valence electrons. The lowest BCUT2D eigenvalue weighted by molar-refractivity contribution is -0.125. The van der Waals surface area contributed by atoms with Crippen LogP contribution in [0, 0.1) is 23.7 Å². The van der Waals surface area contributed by atoms with Crippen LogP contribution < -0.4 is 0 Å². The van der Waals surface area contributed by atoms with Crippen molar-refractivity contribution in [3.63, 3.8) is 0 Å². The van der Waals surface area contributed by atoms with Crippen LogP contribution in [0.5, 0.6) is 0 Å². The first-order chi connectivity index (χ1) is 7.83. The molecule has 2 nitrogen and oxygen atoms in total. The van der Waals surface area contributed by atoms with Gasteiger partial charge >= 0.3 is 0 Å². The van der Waals surface area contributed by atoms with Gasteiger partial charge in [-0.15, -0.1) is 0 Å². The van der Waals surface area contributed by atoms with Gasteiger partial charge in [0.25, 0.3) is 0 Å². The minimum Gasteiger partial charge on any atom is -0.392 e. The summed E-state index contributed by atoms with van der Waals surface area (Å²) in [5.74, 6) is 1.59. The molecule has 0 aromatic carbocycles. The number of hydrogen-bond donors (Lipinski definition) is 2. The largest absolute Gasteiger partial charge is 0.392 e. The van der Waals surface area contributed by atoms with Gasteiger partial charge in [0, 0.05) is 5.92 Å². The van der Waals surface area contributed by atoms with E-state index in [4.69, 9.17) is 0 Å². The highest BCUT2D eigenvalue weighted by molar-refractivity contribution is 5.16. The maximum absolute atomic E-state index is 10.5. The number of fused-ring (bicyclic) bond motifs is 1. The standard InChI is InChI=1S/C15H26O2/c1-9(2)11-5-6-15(4,17)14-12(11)7-10(3)8-13(14)16/h7,9,11-14,16-17H,5-6,8H2,1-4H3/t11-,12+,13-,14-,15-/m0/s1. The lowest BCUT2D eigenvalue weighted by atomic mass is 9.57. The molecule has 0 saturated heterocycles. The molecule has 0 spiro atoms. The number of rotatable bonds is 1. The monoisotopic (exact) mass is 238 g/mol. The van der Waals surface area contributed by atoms with Gasteiger partial charge in [0.1, 0.15) is 0 Å². The van der Waals surface area contributed by atoms with Crippen LogP contribution >= 0.6 is 0 Å². The molecule has 1 fully saturated rings. The van der Waals surface area contributed by atoms with Gasteiger partial charge in [-0.1, -0.05) is 25.5 Å². The summed E-state index contributed by atoms with van der Waals surface area (Å²) in [7, 11) is 0. The second-order valence-electron chi connectivity index (χ2n) is 6.69. The zero-order valence-corrected chi connectivity index (χ0v) is 11.5. The van der Waals surface area contributed by atoms with Gasteiger partial charge in [0.2, 0.25) is 0 Å². The predicted octanol–water partition coefficient (Wildman–Crippen LogP) is 2.75. The molecule has 0 aromatic heterocycles. The second kappa shape index (κ2) is 4.40. The van der Waals surface area contributed by atoms with E-state index in [2.05, 4.69) is 26.8 Å². The average molecular weight is 238 g/mol. The molecule has 0 heterocycles. The summed E-state index contributed by atoms with van der Waals surface area (Å²) in [5.41, 5.74) is 0.578. The molecule has 0 bridgehead atoms. The lowest BCUT2D eigenvalue weighted by Crippen LogP contribution is -2.53. The van der Waals surface area contributed by atoms with E-state index >= 15 is 0 Å². The van der Waals surface area contributed by atoms with Crippen LogP contribution in [0.4, 0.5) is 0 Å². The van der Waals surface area contributed by atoms with Crippen LogP contribution in [0.2, 0.25) is 0 Å². The summed E-state index contributed by atoms with van der Waals surface area (Å²) >= 11 is 0. The molecule has 5 atom stereocenters. The van der Waals surface area contributed by atoms with Gasteiger partial charge in [-0.2, -0.15) is 0 Å². The van der Waals surface area contributed by atoms with E-state index in [1.807, 2.05) is 6.92 Å². The molecule has 0 aliphatic heterocycles. The van der Waals surface area contributed by atoms with Crippen molar-refractivity contribution >= 4 is 0 Å². The van der Waals surface area contributed by atoms with Crippen LogP contribution in [0.15, 0.2) is 11.6 Å². The summed E-state index contributed by atoms with van der Waals surface area (Å²) in [4.78, 5) is 0. The van der Waals surface area contributed by atoms with Crippen molar-refractivity contribution in [3.8, 4) is 0 Å². The summed E-state index contributed by atoms with van der Waals surface area (Å²) in [6.07, 6.45) is 4.56. The molecule has 2 N–H and O–H groups in total. The predicted molar refractivity (Wildman–Crippen MR) is 69.5 cm³/mol. The quantitative estimate of drug-likeness (QED) is 0.690. The topological polar surface area (TPSA) is 40.5 Å². The van der Waals surface area contributed by atoms with Gasteiger partial charge in [-0.3, -0.25) is 0 Å². The molecule has 0 aromatic rings. The fraction of sp³-hybridized carbons (Fsp3) is 0.867. The van der Waals surface area contributed by atoms with Gasteiger partial charge in [-0.05, 0) is 50.9 Å². The molecule has 2 rings (SSSR count). The third-order valence-corrected chi connectivity index (χ3v) is 4.89. The lowest BCUT2D eigenvalue weighted by Gasteiger charge is -2.51. The molecule has 1 saturated carbocycles. The van der Waals surface area contributed by atoms with Crippen molar-refractivity contribution < 1.29 is 10.2 Å². The highest BCUT2D eigenvalue weighted by Crippen LogP contribution is 2.49. The van der Waals surface area contributed by atoms with Crippen LogP contribution in [0.1, 0.15) is 47.0 Å². The van der Waals surface area contributed by atoms with Crippen molar-refractivity contribution in [1.82, 2.24) is 0 Å². The molecule has 0 unspecified atom stereocenters. The number of aliphatic hydroxyl groups is 2. The van der Waals surface area contributed by atoms with E-state index < -0.39 is 5.60 Å². The molecule has 0 radical (unpaired) electrons. The summed E-state index contributed by atoms with van der Waals surface area (Å²) in [6.45, 7) is 8.51. The summed E-state index contributed by atoms with van der Waals surface area (Å²) in [6, 6.07) is 0. The normalized spacial score (nSPS) is 46.6. The Morgan fingerprint density at radius 3 is 2.65 bits per heavy atom. The van der Waals surface area contributed by atoms with E-state index in [9.17, 15) is 10.2 Å². The third kappa shape index (κ3) is 2.30. The third-order valence-electron chi connectivity index (χ3n) is 4.89. The Bertz CT molecular complexity index is 317. The zero-order valence-electron chi connectivity index (χ0n) is 11.5. The Morgan fingerprint density at radius 2 is 2.06 bits per heavy atom. The molecule has 2 aliphatic rings. The number of allylic oxidation sites excluding steroid dienone is 1. The van der Waals surface area contributed by atoms with Crippen LogP contribution in [-0.2, 0) is 0 Å². The van der Waals surface area contributed by atoms with Gasteiger partial charge < -0.3 is 10.2 Å². The number of aliphatic hydroxyl groups excluding tert-OH is 1. The molecule has 2 aliphatic carbocycles. The SMILES string of the molecule is CC1=C[C@H]2[C@@H]([C@@H](O)C1)[C@@](C)(O)CC[C@H]2C(C)C. The van der Waals surface area contributed by atoms with Gasteiger partial charge in [-0.25, -0.2) is 0 Å². The highest BCUT2D eigenvalue weighted by Gasteiger charge is 2.49. The van der Waals surface area contributed by atoms with Crippen molar-refractivity contribution in [2.45, 2.75) is 58.7 Å².